The average molecular weight is 638 g/mol. The minimum Gasteiger partial charge on any atom is -0.341 e. The van der Waals surface area contributed by atoms with Gasteiger partial charge in [-0.3, -0.25) is 14.6 Å². The normalized spacial score (nSPS) is 14.1. The number of halogens is 4. The molecule has 1 N–H and O–H groups in total. The fourth-order valence-corrected chi connectivity index (χ4v) is 5.50. The highest BCUT2D eigenvalue weighted by Gasteiger charge is 2.41. The van der Waals surface area contributed by atoms with Gasteiger partial charge in [-0.25, -0.2) is 9.67 Å². The Morgan fingerprint density at radius 2 is 1.67 bits per heavy atom. The van der Waals surface area contributed by atoms with Gasteiger partial charge in [-0.15, -0.1) is 4.80 Å². The Morgan fingerprint density at radius 1 is 0.978 bits per heavy atom. The van der Waals surface area contributed by atoms with E-state index in [1.807, 2.05) is 20.8 Å². The van der Waals surface area contributed by atoms with Gasteiger partial charge in [-0.05, 0) is 11.5 Å². The summed E-state index contributed by atoms with van der Waals surface area (Å²) in [7, 11) is 0. The molecule has 0 saturated carbocycles. The van der Waals surface area contributed by atoms with E-state index < -0.39 is 23.3 Å². The molecule has 11 nitrogen and oxygen atoms in total. The van der Waals surface area contributed by atoms with Crippen LogP contribution in [0.5, 0.6) is 0 Å². The lowest BCUT2D eigenvalue weighted by Crippen LogP contribution is -2.49. The van der Waals surface area contributed by atoms with Crippen LogP contribution in [0.15, 0.2) is 61.3 Å². The van der Waals surface area contributed by atoms with E-state index in [2.05, 4.69) is 30.6 Å². The third-order valence-corrected chi connectivity index (χ3v) is 7.58. The number of benzene rings is 1. The average Bonchev–Trinajstić information content (AvgIpc) is 3.62. The molecule has 45 heavy (non-hydrogen) atoms. The van der Waals surface area contributed by atoms with Gasteiger partial charge in [-0.1, -0.05) is 56.6 Å². The van der Waals surface area contributed by atoms with Gasteiger partial charge in [0.05, 0.1) is 58.6 Å². The summed E-state index contributed by atoms with van der Waals surface area (Å²) in [5.41, 5.74) is -1.30. The molecule has 0 bridgehead atoms. The molecule has 232 valence electrons. The van der Waals surface area contributed by atoms with Crippen molar-refractivity contribution in [2.24, 2.45) is 5.41 Å². The Morgan fingerprint density at radius 3 is 2.31 bits per heavy atom. The molecule has 2 amide bonds. The highest BCUT2D eigenvalue weighted by Crippen LogP contribution is 2.38. The second-order valence-electron chi connectivity index (χ2n) is 11.9. The summed E-state index contributed by atoms with van der Waals surface area (Å²) in [5, 5.41) is 15.5. The predicted molar refractivity (Wildman–Crippen MR) is 159 cm³/mol. The summed E-state index contributed by atoms with van der Waals surface area (Å²) in [6, 6.07) is 8.28. The van der Waals surface area contributed by atoms with Gasteiger partial charge in [0.15, 0.2) is 11.5 Å². The summed E-state index contributed by atoms with van der Waals surface area (Å²) in [6.07, 6.45) is 1.74. The minimum absolute atomic E-state index is 0.0563. The number of nitrogens with one attached hydrogen (secondary N) is 1. The van der Waals surface area contributed by atoms with Gasteiger partial charge in [0.1, 0.15) is 0 Å². The predicted octanol–water partition coefficient (Wildman–Crippen LogP) is 5.68. The number of fused-ring (bicyclic) bond motifs is 1. The van der Waals surface area contributed by atoms with Gasteiger partial charge < -0.3 is 10.2 Å². The zero-order chi connectivity index (χ0) is 32.1. The zero-order valence-electron chi connectivity index (χ0n) is 24.4. The number of nitrogens with zero attached hydrogens (tertiary/aromatic N) is 8. The second-order valence-corrected chi connectivity index (χ2v) is 12.3. The first-order valence-corrected chi connectivity index (χ1v) is 14.3. The van der Waals surface area contributed by atoms with Crippen molar-refractivity contribution in [1.29, 1.82) is 0 Å². The number of anilines is 1. The van der Waals surface area contributed by atoms with Crippen molar-refractivity contribution in [3.8, 4) is 11.5 Å². The Hall–Kier alpha value is -4.85. The molecule has 1 fully saturated rings. The molecule has 5 heterocycles. The van der Waals surface area contributed by atoms with Crippen molar-refractivity contribution in [1.82, 2.24) is 39.6 Å². The molecule has 1 aliphatic rings. The molecule has 0 unspecified atom stereocenters. The van der Waals surface area contributed by atoms with E-state index in [1.54, 1.807) is 29.2 Å². The number of carbonyl (C=O) groups excluding carboxylic acids is 2. The van der Waals surface area contributed by atoms with Crippen LogP contribution >= 0.6 is 11.6 Å². The van der Waals surface area contributed by atoms with Crippen LogP contribution in [-0.4, -0.2) is 64.5 Å². The van der Waals surface area contributed by atoms with Crippen molar-refractivity contribution in [3.63, 3.8) is 0 Å². The van der Waals surface area contributed by atoms with E-state index in [-0.39, 0.29) is 39.5 Å². The van der Waals surface area contributed by atoms with Crippen LogP contribution in [0.25, 0.3) is 22.3 Å². The molecule has 15 heteroatoms. The summed E-state index contributed by atoms with van der Waals surface area (Å²) < 4.78 is 44.4. The van der Waals surface area contributed by atoms with Gasteiger partial charge in [0.2, 0.25) is 5.91 Å². The topological polar surface area (TPSA) is 124 Å². The third-order valence-electron chi connectivity index (χ3n) is 7.31. The van der Waals surface area contributed by atoms with Crippen LogP contribution in [0.3, 0.4) is 0 Å². The quantitative estimate of drug-likeness (QED) is 0.254. The molecular formula is C30H27ClF3N9O2. The number of pyridine rings is 2. The van der Waals surface area contributed by atoms with E-state index in [9.17, 15) is 22.8 Å². The standard InChI is InChI=1S/C30H27ClF3N9O2/c1-29(2,3)11-24(44)41-15-17(16-41)25-20-7-5-4-6-19(20)23(14-35-25)42-26(30(32,33)34)21(13-39-42)28(45)40-18-10-22(31)27(36-12-18)43-37-8-9-38-43/h4-10,12-14,17H,11,15-16H2,1-3H3,(H,40,45). The van der Waals surface area contributed by atoms with Gasteiger partial charge in [0.25, 0.3) is 5.91 Å². The lowest BCUT2D eigenvalue weighted by atomic mass is 9.88. The van der Waals surface area contributed by atoms with Crippen LogP contribution in [0.4, 0.5) is 18.9 Å². The first-order chi connectivity index (χ1) is 21.3. The SMILES string of the molecule is CC(C)(C)CC(=O)N1CC(c2ncc(-n3ncc(C(=O)Nc4cnc(-n5nccn5)c(Cl)c4)c3C(F)(F)F)c3ccccc23)C1. The number of hydrogen-bond acceptors (Lipinski definition) is 7. The van der Waals surface area contributed by atoms with Crippen LogP contribution < -0.4 is 5.32 Å². The molecule has 1 aliphatic heterocycles. The summed E-state index contributed by atoms with van der Waals surface area (Å²) in [5.74, 6) is -0.886. The second kappa shape index (κ2) is 11.3. The molecule has 6 rings (SSSR count). The van der Waals surface area contributed by atoms with Crippen molar-refractivity contribution >= 4 is 39.9 Å². The first kappa shape index (κ1) is 30.2. The zero-order valence-corrected chi connectivity index (χ0v) is 25.1. The Labute approximate surface area is 260 Å². The van der Waals surface area contributed by atoms with E-state index in [0.717, 1.165) is 11.0 Å². The highest BCUT2D eigenvalue weighted by atomic mass is 35.5. The number of amides is 2. The molecule has 1 saturated heterocycles. The maximum Gasteiger partial charge on any atom is 0.434 e. The van der Waals surface area contributed by atoms with E-state index >= 15 is 0 Å². The van der Waals surface area contributed by atoms with Crippen LogP contribution in [-0.2, 0) is 11.0 Å². The van der Waals surface area contributed by atoms with E-state index in [0.29, 0.717) is 40.7 Å². The molecule has 4 aromatic heterocycles. The molecular weight excluding hydrogens is 611 g/mol. The van der Waals surface area contributed by atoms with Crippen LogP contribution in [0, 0.1) is 5.41 Å². The fraction of sp³-hybridized carbons (Fsp3) is 0.300. The Balaban J connectivity index is 1.30. The lowest BCUT2D eigenvalue weighted by molar-refractivity contribution is -0.143. The fourth-order valence-electron chi connectivity index (χ4n) is 5.25. The number of hydrogen-bond donors (Lipinski definition) is 1. The van der Waals surface area contributed by atoms with E-state index in [1.165, 1.54) is 30.9 Å². The minimum atomic E-state index is -4.95. The van der Waals surface area contributed by atoms with Gasteiger partial charge in [-0.2, -0.15) is 28.5 Å². The molecule has 5 aromatic rings. The number of rotatable bonds is 6. The van der Waals surface area contributed by atoms with Gasteiger partial charge >= 0.3 is 6.18 Å². The smallest absolute Gasteiger partial charge is 0.341 e. The summed E-state index contributed by atoms with van der Waals surface area (Å²) in [6.45, 7) is 6.95. The third kappa shape index (κ3) is 5.97. The maximum atomic E-state index is 14.6. The van der Waals surface area contributed by atoms with Crippen LogP contribution in [0.2, 0.25) is 5.02 Å². The summed E-state index contributed by atoms with van der Waals surface area (Å²) >= 11 is 6.25. The number of likely N-dealkylation sites (tertiary alicyclic amines) is 1. The number of alkyl halides is 3. The van der Waals surface area contributed by atoms with Crippen LogP contribution in [0.1, 0.15) is 54.9 Å². The van der Waals surface area contributed by atoms with Crippen molar-refractivity contribution < 1.29 is 22.8 Å². The lowest BCUT2D eigenvalue weighted by Gasteiger charge is -2.40. The van der Waals surface area contributed by atoms with Gasteiger partial charge in [0, 0.05) is 36.2 Å². The monoisotopic (exact) mass is 637 g/mol. The molecule has 1 aromatic carbocycles. The van der Waals surface area contributed by atoms with Crippen molar-refractivity contribution in [2.75, 3.05) is 18.4 Å². The van der Waals surface area contributed by atoms with E-state index in [4.69, 9.17) is 11.6 Å². The molecule has 0 spiro atoms. The number of carbonyl (C=O) groups is 2. The van der Waals surface area contributed by atoms with Crippen molar-refractivity contribution in [2.45, 2.75) is 39.3 Å². The first-order valence-electron chi connectivity index (χ1n) is 13.9. The summed E-state index contributed by atoms with van der Waals surface area (Å²) in [4.78, 5) is 37.4. The Kier molecular flexibility index (Phi) is 7.55. The largest absolute Gasteiger partial charge is 0.434 e. The molecule has 0 aliphatic carbocycles. The highest BCUT2D eigenvalue weighted by molar-refractivity contribution is 6.32. The molecule has 0 atom stereocenters. The maximum absolute atomic E-state index is 14.6. The molecule has 0 radical (unpaired) electrons. The van der Waals surface area contributed by atoms with Crippen molar-refractivity contribution in [3.05, 3.63) is 83.3 Å². The Bertz CT molecular complexity index is 1910. The number of aromatic nitrogens is 7.